The molecule has 8 rings (SSSR count). The van der Waals surface area contributed by atoms with Crippen molar-refractivity contribution in [2.45, 2.75) is 55.4 Å². The highest BCUT2D eigenvalue weighted by Crippen LogP contribution is 3.24. The molecule has 0 N–H and O–H groups in total. The van der Waals surface area contributed by atoms with Crippen LogP contribution < -0.4 is 0 Å². The SMILES string of the molecule is CC12C3C4C5C4(C)C4(C)C5(C)C5(C)C1(C)C(C)(C32)C45C. The molecule has 20 heavy (non-hydrogen) atoms. The van der Waals surface area contributed by atoms with E-state index in [0.29, 0.717) is 32.5 Å². The zero-order valence-electron chi connectivity index (χ0n) is 14.3. The van der Waals surface area contributed by atoms with E-state index < -0.39 is 0 Å². The summed E-state index contributed by atoms with van der Waals surface area (Å²) in [5.74, 6) is 4.36. The first-order valence-corrected chi connectivity index (χ1v) is 8.98. The number of rotatable bonds is 0. The van der Waals surface area contributed by atoms with Crippen LogP contribution in [0.15, 0.2) is 0 Å². The minimum atomic E-state index is 0.617. The lowest BCUT2D eigenvalue weighted by atomic mass is 8.98. The van der Waals surface area contributed by atoms with Crippen LogP contribution >= 0.6 is 0 Å². The van der Waals surface area contributed by atoms with Crippen LogP contribution in [0.2, 0.25) is 0 Å². The van der Waals surface area contributed by atoms with Crippen molar-refractivity contribution >= 4 is 0 Å². The first kappa shape index (κ1) is 10.7. The Hall–Kier alpha value is 0. The average Bonchev–Trinajstić information content (AvgIpc) is 3.21. The monoisotopic (exact) mass is 268 g/mol. The van der Waals surface area contributed by atoms with E-state index in [1.807, 2.05) is 0 Å². The van der Waals surface area contributed by atoms with Gasteiger partial charge in [0.05, 0.1) is 0 Å². The summed E-state index contributed by atoms with van der Waals surface area (Å²) in [6.45, 7) is 21.7. The van der Waals surface area contributed by atoms with Crippen molar-refractivity contribution in [1.82, 2.24) is 0 Å². The second kappa shape index (κ2) is 1.71. The highest BCUT2D eigenvalue weighted by molar-refractivity contribution is 5.67. The molecule has 12 atom stereocenters. The number of hydrogen-bond donors (Lipinski definition) is 0. The van der Waals surface area contributed by atoms with Gasteiger partial charge >= 0.3 is 0 Å². The van der Waals surface area contributed by atoms with Gasteiger partial charge in [-0.3, -0.25) is 0 Å². The molecule has 0 heteroatoms. The maximum absolute atomic E-state index is 2.73. The van der Waals surface area contributed by atoms with E-state index in [2.05, 4.69) is 55.4 Å². The second-order valence-corrected chi connectivity index (χ2v) is 11.5. The zero-order chi connectivity index (χ0) is 14.3. The molecule has 108 valence electrons. The molecule has 0 aliphatic heterocycles. The Labute approximate surface area is 123 Å². The average molecular weight is 268 g/mol. The molecular formula is C20H28. The van der Waals surface area contributed by atoms with Gasteiger partial charge in [0, 0.05) is 0 Å². The van der Waals surface area contributed by atoms with Crippen LogP contribution in [0, 0.1) is 67.0 Å². The zero-order valence-corrected chi connectivity index (χ0v) is 14.3. The van der Waals surface area contributed by atoms with Gasteiger partial charge in [-0.05, 0) is 67.0 Å². The lowest BCUT2D eigenvalue weighted by Crippen LogP contribution is -3.02. The van der Waals surface area contributed by atoms with Gasteiger partial charge in [-0.1, -0.05) is 55.4 Å². The molecule has 0 aromatic heterocycles. The summed E-state index contributed by atoms with van der Waals surface area (Å²) < 4.78 is 0. The summed E-state index contributed by atoms with van der Waals surface area (Å²) in [6, 6.07) is 0. The summed E-state index contributed by atoms with van der Waals surface area (Å²) >= 11 is 0. The maximum atomic E-state index is 2.73. The Morgan fingerprint density at radius 2 is 0.750 bits per heavy atom. The van der Waals surface area contributed by atoms with E-state index in [1.165, 1.54) is 0 Å². The van der Waals surface area contributed by atoms with E-state index in [4.69, 9.17) is 0 Å². The van der Waals surface area contributed by atoms with E-state index in [1.54, 1.807) is 0 Å². The topological polar surface area (TPSA) is 0 Å². The maximum Gasteiger partial charge on any atom is -0.0134 e. The van der Waals surface area contributed by atoms with E-state index in [-0.39, 0.29) is 0 Å². The van der Waals surface area contributed by atoms with Crippen molar-refractivity contribution in [3.8, 4) is 0 Å². The fourth-order valence-corrected chi connectivity index (χ4v) is 13.7. The molecule has 0 amide bonds. The number of hydrogen-bond acceptors (Lipinski definition) is 0. The van der Waals surface area contributed by atoms with Crippen LogP contribution in [0.25, 0.3) is 0 Å². The van der Waals surface area contributed by atoms with E-state index >= 15 is 0 Å². The summed E-state index contributed by atoms with van der Waals surface area (Å²) in [5.41, 5.74) is 5.26. The first-order chi connectivity index (χ1) is 8.98. The molecule has 8 aliphatic carbocycles. The fraction of sp³-hybridized carbons (Fsp3) is 1.00. The van der Waals surface area contributed by atoms with Crippen LogP contribution in [-0.2, 0) is 0 Å². The van der Waals surface area contributed by atoms with Gasteiger partial charge in [0.2, 0.25) is 0 Å². The van der Waals surface area contributed by atoms with Crippen LogP contribution in [0.4, 0.5) is 0 Å². The van der Waals surface area contributed by atoms with E-state index in [9.17, 15) is 0 Å². The van der Waals surface area contributed by atoms with Crippen LogP contribution in [0.3, 0.4) is 0 Å². The third-order valence-corrected chi connectivity index (χ3v) is 14.1. The lowest BCUT2D eigenvalue weighted by Gasteiger charge is -3.05. The highest BCUT2D eigenvalue weighted by Gasteiger charge is 3.21. The Balaban J connectivity index is 1.70. The fourth-order valence-electron chi connectivity index (χ4n) is 13.7. The molecule has 8 aliphatic rings. The summed E-state index contributed by atoms with van der Waals surface area (Å²) in [6.07, 6.45) is 0. The summed E-state index contributed by atoms with van der Waals surface area (Å²) in [5, 5.41) is 0. The minimum Gasteiger partial charge on any atom is -0.0585 e. The normalized spacial score (nSPS) is 99.6. The lowest BCUT2D eigenvalue weighted by molar-refractivity contribution is -0.596. The van der Waals surface area contributed by atoms with Gasteiger partial charge in [0.1, 0.15) is 0 Å². The van der Waals surface area contributed by atoms with Crippen molar-refractivity contribution in [2.75, 3.05) is 0 Å². The van der Waals surface area contributed by atoms with Crippen LogP contribution in [0.1, 0.15) is 55.4 Å². The molecule has 0 spiro atoms. The van der Waals surface area contributed by atoms with Gasteiger partial charge in [-0.2, -0.15) is 0 Å². The standard InChI is InChI=1S/C20H28/c1-13-9-10-12-14(10,2)18(6)16(12,4)19(7)17(13,5)15(3,11(9)13)20(18,19)8/h9-12H,1-8H3. The Kier molecular flexibility index (Phi) is 0.913. The van der Waals surface area contributed by atoms with Crippen molar-refractivity contribution in [2.24, 2.45) is 67.0 Å². The van der Waals surface area contributed by atoms with Gasteiger partial charge in [-0.25, -0.2) is 0 Å². The third kappa shape index (κ3) is 0.333. The summed E-state index contributed by atoms with van der Waals surface area (Å²) in [7, 11) is 0. The van der Waals surface area contributed by atoms with Gasteiger partial charge < -0.3 is 0 Å². The molecule has 0 aromatic carbocycles. The molecular weight excluding hydrogens is 240 g/mol. The van der Waals surface area contributed by atoms with Crippen molar-refractivity contribution in [3.05, 3.63) is 0 Å². The largest absolute Gasteiger partial charge is 0.0585 e. The predicted molar refractivity (Wildman–Crippen MR) is 78.8 cm³/mol. The Morgan fingerprint density at radius 1 is 0.450 bits per heavy atom. The van der Waals surface area contributed by atoms with Gasteiger partial charge in [0.15, 0.2) is 0 Å². The Morgan fingerprint density at radius 3 is 1.05 bits per heavy atom. The third-order valence-electron chi connectivity index (χ3n) is 14.1. The molecule has 0 nitrogen and oxygen atoms in total. The molecule has 0 saturated heterocycles. The molecule has 0 heterocycles. The minimum absolute atomic E-state index is 0.617. The first-order valence-electron chi connectivity index (χ1n) is 8.98. The van der Waals surface area contributed by atoms with Crippen molar-refractivity contribution in [3.63, 3.8) is 0 Å². The molecule has 0 aromatic rings. The van der Waals surface area contributed by atoms with Crippen LogP contribution in [-0.4, -0.2) is 0 Å². The smallest absolute Gasteiger partial charge is 0.0134 e. The predicted octanol–water partition coefficient (Wildman–Crippen LogP) is 4.60. The molecule has 0 bridgehead atoms. The van der Waals surface area contributed by atoms with E-state index in [0.717, 1.165) is 34.5 Å². The molecule has 8 saturated carbocycles. The van der Waals surface area contributed by atoms with Crippen LogP contribution in [0.5, 0.6) is 0 Å². The molecule has 0 radical (unpaired) electrons. The quantitative estimate of drug-likeness (QED) is 0.602. The molecule has 8 fully saturated rings. The van der Waals surface area contributed by atoms with Crippen molar-refractivity contribution in [1.29, 1.82) is 0 Å². The second-order valence-electron chi connectivity index (χ2n) is 11.5. The van der Waals surface area contributed by atoms with Gasteiger partial charge in [0.25, 0.3) is 0 Å². The molecule has 12 unspecified atom stereocenters. The highest BCUT2D eigenvalue weighted by atomic mass is 15.2. The summed E-state index contributed by atoms with van der Waals surface area (Å²) in [4.78, 5) is 0. The Bertz CT molecular complexity index is 649. The van der Waals surface area contributed by atoms with Gasteiger partial charge in [-0.15, -0.1) is 0 Å². The van der Waals surface area contributed by atoms with Crippen molar-refractivity contribution < 1.29 is 0 Å².